The zero-order valence-corrected chi connectivity index (χ0v) is 15.4. The molecule has 1 fully saturated rings. The fraction of sp³-hybridized carbons (Fsp3) is 0.800. The molecule has 0 spiro atoms. The zero-order chi connectivity index (χ0) is 16.8. The number of carbonyl (C=O) groups excluding carboxylic acids is 1. The molecule has 0 aromatic carbocycles. The van der Waals surface area contributed by atoms with Crippen LogP contribution in [0.25, 0.3) is 0 Å². The number of rotatable bonds is 6. The summed E-state index contributed by atoms with van der Waals surface area (Å²) >= 11 is 1.45. The molecule has 1 aliphatic rings. The molecule has 2 heterocycles. The van der Waals surface area contributed by atoms with E-state index in [2.05, 4.69) is 52.3 Å². The standard InChI is InChI=1S/C15H28N6OS/c1-5-13-17-15(23-18-13)21-10-8-20(9-11-21)14(22)16-6-7-19(4)12(2)3/h12H,5-11H2,1-4H3,(H,16,22). The van der Waals surface area contributed by atoms with Crippen LogP contribution in [0.15, 0.2) is 0 Å². The van der Waals surface area contributed by atoms with Crippen molar-refractivity contribution in [1.82, 2.24) is 24.5 Å². The molecule has 1 N–H and O–H groups in total. The van der Waals surface area contributed by atoms with Crippen LogP contribution in [0.3, 0.4) is 0 Å². The third-order valence-electron chi connectivity index (χ3n) is 4.23. The van der Waals surface area contributed by atoms with E-state index in [0.717, 1.165) is 50.1 Å². The summed E-state index contributed by atoms with van der Waals surface area (Å²) in [5.41, 5.74) is 0. The maximum absolute atomic E-state index is 12.2. The number of nitrogens with zero attached hydrogens (tertiary/aromatic N) is 5. The van der Waals surface area contributed by atoms with Crippen LogP contribution in [-0.2, 0) is 6.42 Å². The van der Waals surface area contributed by atoms with Crippen LogP contribution >= 0.6 is 11.5 Å². The molecule has 0 aliphatic carbocycles. The largest absolute Gasteiger partial charge is 0.343 e. The Labute approximate surface area is 142 Å². The number of likely N-dealkylation sites (N-methyl/N-ethyl adjacent to an activating group) is 1. The molecule has 8 heteroatoms. The van der Waals surface area contributed by atoms with Gasteiger partial charge in [-0.05, 0) is 20.9 Å². The summed E-state index contributed by atoms with van der Waals surface area (Å²) in [4.78, 5) is 23.0. The summed E-state index contributed by atoms with van der Waals surface area (Å²) < 4.78 is 4.33. The fourth-order valence-corrected chi connectivity index (χ4v) is 3.13. The van der Waals surface area contributed by atoms with Gasteiger partial charge in [-0.2, -0.15) is 4.37 Å². The van der Waals surface area contributed by atoms with E-state index >= 15 is 0 Å². The minimum Gasteiger partial charge on any atom is -0.343 e. The van der Waals surface area contributed by atoms with Crippen LogP contribution in [0.1, 0.15) is 26.6 Å². The van der Waals surface area contributed by atoms with Crippen LogP contribution in [0.2, 0.25) is 0 Å². The Morgan fingerprint density at radius 1 is 1.35 bits per heavy atom. The number of piperazine rings is 1. The molecule has 0 saturated carbocycles. The molecule has 1 saturated heterocycles. The Kier molecular flexibility index (Phi) is 6.59. The van der Waals surface area contributed by atoms with E-state index < -0.39 is 0 Å². The Balaban J connectivity index is 1.72. The molecular formula is C15H28N6OS. The SMILES string of the molecule is CCc1nsc(N2CCN(C(=O)NCCN(C)C(C)C)CC2)n1. The van der Waals surface area contributed by atoms with Gasteiger partial charge in [-0.1, -0.05) is 6.92 Å². The van der Waals surface area contributed by atoms with Crippen molar-refractivity contribution in [1.29, 1.82) is 0 Å². The van der Waals surface area contributed by atoms with Crippen LogP contribution in [0, 0.1) is 0 Å². The van der Waals surface area contributed by atoms with E-state index in [1.54, 1.807) is 0 Å². The lowest BCUT2D eigenvalue weighted by Gasteiger charge is -2.34. The van der Waals surface area contributed by atoms with Crippen LogP contribution in [0.5, 0.6) is 0 Å². The van der Waals surface area contributed by atoms with Crippen molar-refractivity contribution in [3.8, 4) is 0 Å². The first-order valence-corrected chi connectivity index (χ1v) is 9.09. The highest BCUT2D eigenvalue weighted by Crippen LogP contribution is 2.19. The lowest BCUT2D eigenvalue weighted by Crippen LogP contribution is -2.52. The van der Waals surface area contributed by atoms with E-state index in [4.69, 9.17) is 0 Å². The molecule has 130 valence electrons. The number of amides is 2. The Morgan fingerprint density at radius 2 is 2.04 bits per heavy atom. The van der Waals surface area contributed by atoms with Crippen LogP contribution in [0.4, 0.5) is 9.93 Å². The quantitative estimate of drug-likeness (QED) is 0.845. The van der Waals surface area contributed by atoms with Gasteiger partial charge in [0.1, 0.15) is 5.82 Å². The van der Waals surface area contributed by atoms with E-state index in [1.165, 1.54) is 11.5 Å². The molecule has 0 radical (unpaired) electrons. The summed E-state index contributed by atoms with van der Waals surface area (Å²) in [5.74, 6) is 0.902. The van der Waals surface area contributed by atoms with Gasteiger partial charge in [0.05, 0.1) is 0 Å². The maximum Gasteiger partial charge on any atom is 0.317 e. The average molecular weight is 340 g/mol. The van der Waals surface area contributed by atoms with Crippen molar-refractivity contribution in [2.45, 2.75) is 33.2 Å². The summed E-state index contributed by atoms with van der Waals surface area (Å²) in [6.45, 7) is 11.0. The average Bonchev–Trinajstić information content (AvgIpc) is 3.03. The van der Waals surface area contributed by atoms with Gasteiger partial charge < -0.3 is 20.0 Å². The topological polar surface area (TPSA) is 64.6 Å². The van der Waals surface area contributed by atoms with E-state index in [9.17, 15) is 4.79 Å². The van der Waals surface area contributed by atoms with Gasteiger partial charge in [-0.25, -0.2) is 9.78 Å². The normalized spacial score (nSPS) is 15.6. The van der Waals surface area contributed by atoms with E-state index in [1.807, 2.05) is 4.90 Å². The predicted octanol–water partition coefficient (Wildman–Crippen LogP) is 1.27. The summed E-state index contributed by atoms with van der Waals surface area (Å²) in [6.07, 6.45) is 0.865. The summed E-state index contributed by atoms with van der Waals surface area (Å²) in [7, 11) is 2.07. The van der Waals surface area contributed by atoms with Crippen LogP contribution < -0.4 is 10.2 Å². The number of hydrogen-bond acceptors (Lipinski definition) is 6. The summed E-state index contributed by atoms with van der Waals surface area (Å²) in [6, 6.07) is 0.531. The highest BCUT2D eigenvalue weighted by atomic mass is 32.1. The van der Waals surface area contributed by atoms with E-state index in [0.29, 0.717) is 12.6 Å². The molecule has 0 unspecified atom stereocenters. The molecule has 1 aliphatic heterocycles. The van der Waals surface area contributed by atoms with Gasteiger partial charge in [0, 0.05) is 63.3 Å². The van der Waals surface area contributed by atoms with Gasteiger partial charge in [-0.3, -0.25) is 0 Å². The van der Waals surface area contributed by atoms with Crippen molar-refractivity contribution >= 4 is 22.7 Å². The van der Waals surface area contributed by atoms with E-state index in [-0.39, 0.29) is 6.03 Å². The molecule has 2 rings (SSSR count). The van der Waals surface area contributed by atoms with Gasteiger partial charge in [0.2, 0.25) is 5.13 Å². The molecule has 0 bridgehead atoms. The second-order valence-electron chi connectivity index (χ2n) is 6.13. The van der Waals surface area contributed by atoms with Crippen molar-refractivity contribution in [2.24, 2.45) is 0 Å². The number of hydrogen-bond donors (Lipinski definition) is 1. The molecule has 1 aromatic heterocycles. The molecule has 1 aromatic rings. The summed E-state index contributed by atoms with van der Waals surface area (Å²) in [5, 5.41) is 3.98. The first-order chi connectivity index (χ1) is 11.0. The second kappa shape index (κ2) is 8.44. The first kappa shape index (κ1) is 17.9. The third-order valence-corrected chi connectivity index (χ3v) is 5.05. The van der Waals surface area contributed by atoms with Crippen molar-refractivity contribution in [3.63, 3.8) is 0 Å². The highest BCUT2D eigenvalue weighted by molar-refractivity contribution is 7.09. The minimum absolute atomic E-state index is 0.0355. The molecule has 2 amide bonds. The van der Waals surface area contributed by atoms with Crippen molar-refractivity contribution in [3.05, 3.63) is 5.82 Å². The number of anilines is 1. The Bertz CT molecular complexity index is 498. The number of aromatic nitrogens is 2. The first-order valence-electron chi connectivity index (χ1n) is 8.31. The number of urea groups is 1. The Morgan fingerprint density at radius 3 is 2.61 bits per heavy atom. The second-order valence-corrected chi connectivity index (χ2v) is 6.86. The zero-order valence-electron chi connectivity index (χ0n) is 14.6. The van der Waals surface area contributed by atoms with Gasteiger partial charge >= 0.3 is 6.03 Å². The Hall–Kier alpha value is -1.41. The number of carbonyl (C=O) groups is 1. The predicted molar refractivity (Wildman–Crippen MR) is 94.2 cm³/mol. The monoisotopic (exact) mass is 340 g/mol. The van der Waals surface area contributed by atoms with Crippen molar-refractivity contribution < 1.29 is 4.79 Å². The molecule has 0 atom stereocenters. The van der Waals surface area contributed by atoms with Gasteiger partial charge in [0.15, 0.2) is 0 Å². The fourth-order valence-electron chi connectivity index (χ4n) is 2.33. The van der Waals surface area contributed by atoms with Crippen molar-refractivity contribution in [2.75, 3.05) is 51.2 Å². The number of nitrogens with one attached hydrogen (secondary N) is 1. The molecule has 23 heavy (non-hydrogen) atoms. The van der Waals surface area contributed by atoms with Crippen LogP contribution in [-0.4, -0.2) is 77.5 Å². The maximum atomic E-state index is 12.2. The lowest BCUT2D eigenvalue weighted by atomic mass is 10.3. The minimum atomic E-state index is 0.0355. The van der Waals surface area contributed by atoms with Gasteiger partial charge in [0.25, 0.3) is 0 Å². The van der Waals surface area contributed by atoms with Gasteiger partial charge in [-0.15, -0.1) is 0 Å². The smallest absolute Gasteiger partial charge is 0.317 e. The molecular weight excluding hydrogens is 312 g/mol. The highest BCUT2D eigenvalue weighted by Gasteiger charge is 2.23. The molecule has 7 nitrogen and oxygen atoms in total. The number of aryl methyl sites for hydroxylation is 1. The third kappa shape index (κ3) is 5.04. The lowest BCUT2D eigenvalue weighted by molar-refractivity contribution is 0.191.